The summed E-state index contributed by atoms with van der Waals surface area (Å²) in [5.41, 5.74) is 1.98. The number of amides is 1. The van der Waals surface area contributed by atoms with E-state index in [1.807, 2.05) is 30.3 Å². The summed E-state index contributed by atoms with van der Waals surface area (Å²) in [7, 11) is -3.46. The molecule has 1 saturated heterocycles. The number of carbonyl (C=O) groups excluding carboxylic acids is 1. The molecule has 0 unspecified atom stereocenters. The molecule has 0 spiro atoms. The number of carbonyl (C=O) groups is 1. The molecule has 0 aliphatic carbocycles. The molecule has 1 aliphatic heterocycles. The standard InChI is InChI=1S/C22H29N3O3S/c1-22(2,3)29(27,28)20-10-9-19(16-23-20)25-13-11-18(12-14-25)21(26)24-15-17-7-5-4-6-8-17/h4-10,16,18H,11-15H2,1-3H3,(H,24,26). The lowest BCUT2D eigenvalue weighted by atomic mass is 9.95. The number of nitrogens with one attached hydrogen (secondary N) is 1. The molecule has 3 rings (SSSR count). The Bertz CT molecular complexity index is 928. The van der Waals surface area contributed by atoms with E-state index in [1.54, 1.807) is 39.1 Å². The second kappa shape index (κ2) is 8.53. The zero-order valence-corrected chi connectivity index (χ0v) is 18.1. The normalized spacial score (nSPS) is 15.9. The largest absolute Gasteiger partial charge is 0.370 e. The number of nitrogens with zero attached hydrogens (tertiary/aromatic N) is 2. The summed E-state index contributed by atoms with van der Waals surface area (Å²) >= 11 is 0. The van der Waals surface area contributed by atoms with Gasteiger partial charge in [-0.25, -0.2) is 13.4 Å². The van der Waals surface area contributed by atoms with Crippen LogP contribution in [-0.2, 0) is 21.2 Å². The average Bonchev–Trinajstić information content (AvgIpc) is 2.72. The number of pyridine rings is 1. The first kappa shape index (κ1) is 21.3. The van der Waals surface area contributed by atoms with Crippen LogP contribution in [0.25, 0.3) is 0 Å². The third kappa shape index (κ3) is 4.96. The van der Waals surface area contributed by atoms with Gasteiger partial charge in [-0.3, -0.25) is 4.79 Å². The molecule has 1 aliphatic rings. The van der Waals surface area contributed by atoms with Gasteiger partial charge in [-0.1, -0.05) is 30.3 Å². The van der Waals surface area contributed by atoms with Gasteiger partial charge >= 0.3 is 0 Å². The van der Waals surface area contributed by atoms with Crippen LogP contribution in [0.15, 0.2) is 53.7 Å². The Kier molecular flexibility index (Phi) is 6.27. The number of rotatable bonds is 5. The monoisotopic (exact) mass is 415 g/mol. The number of sulfone groups is 1. The topological polar surface area (TPSA) is 79.4 Å². The van der Waals surface area contributed by atoms with Crippen molar-refractivity contribution in [3.05, 3.63) is 54.2 Å². The van der Waals surface area contributed by atoms with Gasteiger partial charge in [-0.2, -0.15) is 0 Å². The van der Waals surface area contributed by atoms with Gasteiger partial charge in [-0.05, 0) is 51.3 Å². The molecule has 6 nitrogen and oxygen atoms in total. The van der Waals surface area contributed by atoms with E-state index in [-0.39, 0.29) is 16.9 Å². The molecule has 7 heteroatoms. The van der Waals surface area contributed by atoms with Crippen LogP contribution >= 0.6 is 0 Å². The van der Waals surface area contributed by atoms with E-state index in [9.17, 15) is 13.2 Å². The van der Waals surface area contributed by atoms with Crippen LogP contribution in [0.3, 0.4) is 0 Å². The summed E-state index contributed by atoms with van der Waals surface area (Å²) < 4.78 is 24.1. The predicted molar refractivity (Wildman–Crippen MR) is 114 cm³/mol. The lowest BCUT2D eigenvalue weighted by Crippen LogP contribution is -2.40. The minimum Gasteiger partial charge on any atom is -0.370 e. The fourth-order valence-electron chi connectivity index (χ4n) is 3.36. The average molecular weight is 416 g/mol. The van der Waals surface area contributed by atoms with Crippen molar-refractivity contribution < 1.29 is 13.2 Å². The van der Waals surface area contributed by atoms with E-state index in [1.165, 1.54) is 0 Å². The Morgan fingerprint density at radius 2 is 1.76 bits per heavy atom. The third-order valence-electron chi connectivity index (χ3n) is 5.34. The van der Waals surface area contributed by atoms with Gasteiger partial charge in [0.15, 0.2) is 14.9 Å². The first-order chi connectivity index (χ1) is 13.7. The lowest BCUT2D eigenvalue weighted by molar-refractivity contribution is -0.125. The first-order valence-electron chi connectivity index (χ1n) is 9.96. The molecule has 1 fully saturated rings. The molecule has 2 heterocycles. The summed E-state index contributed by atoms with van der Waals surface area (Å²) in [6.45, 7) is 7.06. The SMILES string of the molecule is CC(C)(C)S(=O)(=O)c1ccc(N2CCC(C(=O)NCc3ccccc3)CC2)cn1. The van der Waals surface area contributed by atoms with Crippen molar-refractivity contribution in [2.45, 2.75) is 49.9 Å². The molecule has 0 saturated carbocycles. The number of aromatic nitrogens is 1. The van der Waals surface area contributed by atoms with Crippen molar-refractivity contribution in [2.75, 3.05) is 18.0 Å². The number of piperidine rings is 1. The maximum absolute atomic E-state index is 12.5. The molecule has 1 aromatic carbocycles. The van der Waals surface area contributed by atoms with Gasteiger partial charge < -0.3 is 10.2 Å². The van der Waals surface area contributed by atoms with Gasteiger partial charge in [0.2, 0.25) is 5.91 Å². The quantitative estimate of drug-likeness (QED) is 0.811. The van der Waals surface area contributed by atoms with Crippen molar-refractivity contribution in [2.24, 2.45) is 5.92 Å². The highest BCUT2D eigenvalue weighted by molar-refractivity contribution is 7.92. The molecule has 2 aromatic rings. The van der Waals surface area contributed by atoms with Crippen LogP contribution in [0.4, 0.5) is 5.69 Å². The summed E-state index contributed by atoms with van der Waals surface area (Å²) in [6.07, 6.45) is 3.15. The molecule has 0 radical (unpaired) electrons. The highest BCUT2D eigenvalue weighted by atomic mass is 32.2. The second-order valence-corrected chi connectivity index (χ2v) is 11.1. The summed E-state index contributed by atoms with van der Waals surface area (Å²) in [5, 5.41) is 3.13. The maximum atomic E-state index is 12.5. The number of benzene rings is 1. The molecule has 1 aromatic heterocycles. The van der Waals surface area contributed by atoms with Crippen molar-refractivity contribution in [3.63, 3.8) is 0 Å². The Balaban J connectivity index is 1.54. The predicted octanol–water partition coefficient (Wildman–Crippen LogP) is 3.19. The molecular formula is C22H29N3O3S. The third-order valence-corrected chi connectivity index (χ3v) is 7.75. The maximum Gasteiger partial charge on any atom is 0.223 e. The zero-order valence-electron chi connectivity index (χ0n) is 17.3. The van der Waals surface area contributed by atoms with Crippen molar-refractivity contribution >= 4 is 21.4 Å². The van der Waals surface area contributed by atoms with E-state index in [0.29, 0.717) is 6.54 Å². The van der Waals surface area contributed by atoms with Crippen molar-refractivity contribution in [1.82, 2.24) is 10.3 Å². The second-order valence-electron chi connectivity index (χ2n) is 8.44. The Morgan fingerprint density at radius 3 is 2.31 bits per heavy atom. The molecule has 0 atom stereocenters. The Hall–Kier alpha value is -2.41. The molecular weight excluding hydrogens is 386 g/mol. The van der Waals surface area contributed by atoms with Crippen molar-refractivity contribution in [1.29, 1.82) is 0 Å². The number of hydrogen-bond donors (Lipinski definition) is 1. The molecule has 1 N–H and O–H groups in total. The van der Waals surface area contributed by atoms with Gasteiger partial charge in [0.1, 0.15) is 0 Å². The summed E-state index contributed by atoms with van der Waals surface area (Å²) in [4.78, 5) is 18.8. The molecule has 1 amide bonds. The van der Waals surface area contributed by atoms with E-state index >= 15 is 0 Å². The highest BCUT2D eigenvalue weighted by Gasteiger charge is 2.32. The Labute approximate surface area is 173 Å². The van der Waals surface area contributed by atoms with Crippen LogP contribution in [0, 0.1) is 5.92 Å². The summed E-state index contributed by atoms with van der Waals surface area (Å²) in [5.74, 6) is 0.0988. The van der Waals surface area contributed by atoms with Crippen LogP contribution in [0.1, 0.15) is 39.2 Å². The minimum atomic E-state index is -3.46. The fourth-order valence-corrected chi connectivity index (χ4v) is 4.43. The fraction of sp³-hybridized carbons (Fsp3) is 0.455. The van der Waals surface area contributed by atoms with Gasteiger partial charge in [-0.15, -0.1) is 0 Å². The highest BCUT2D eigenvalue weighted by Crippen LogP contribution is 2.27. The smallest absolute Gasteiger partial charge is 0.223 e. The lowest BCUT2D eigenvalue weighted by Gasteiger charge is -2.33. The van der Waals surface area contributed by atoms with Crippen LogP contribution in [0.5, 0.6) is 0 Å². The van der Waals surface area contributed by atoms with Gasteiger partial charge in [0, 0.05) is 25.6 Å². The van der Waals surface area contributed by atoms with Gasteiger partial charge in [0.05, 0.1) is 16.6 Å². The molecule has 0 bridgehead atoms. The zero-order chi connectivity index (χ0) is 21.1. The molecule has 156 valence electrons. The Morgan fingerprint density at radius 1 is 1.10 bits per heavy atom. The van der Waals surface area contributed by atoms with E-state index in [2.05, 4.69) is 15.2 Å². The van der Waals surface area contributed by atoms with Crippen LogP contribution in [0.2, 0.25) is 0 Å². The number of hydrogen-bond acceptors (Lipinski definition) is 5. The van der Waals surface area contributed by atoms with Crippen LogP contribution in [-0.4, -0.2) is 37.1 Å². The molecule has 29 heavy (non-hydrogen) atoms. The minimum absolute atomic E-state index is 0.00321. The van der Waals surface area contributed by atoms with E-state index < -0.39 is 14.6 Å². The number of anilines is 1. The summed E-state index contributed by atoms with van der Waals surface area (Å²) in [6, 6.07) is 13.3. The van der Waals surface area contributed by atoms with Crippen molar-refractivity contribution in [3.8, 4) is 0 Å². The van der Waals surface area contributed by atoms with Gasteiger partial charge in [0.25, 0.3) is 0 Å². The first-order valence-corrected chi connectivity index (χ1v) is 11.4. The van der Waals surface area contributed by atoms with E-state index in [0.717, 1.165) is 37.2 Å². The van der Waals surface area contributed by atoms with Crippen LogP contribution < -0.4 is 10.2 Å². The van der Waals surface area contributed by atoms with E-state index in [4.69, 9.17) is 0 Å².